The number of para-hydroxylation sites is 1. The first-order valence-electron chi connectivity index (χ1n) is 8.71. The smallest absolute Gasteiger partial charge is 0.293 e. The first kappa shape index (κ1) is 20.1. The summed E-state index contributed by atoms with van der Waals surface area (Å²) >= 11 is 12.0. The minimum atomic E-state index is -0.697. The van der Waals surface area contributed by atoms with Gasteiger partial charge in [0.2, 0.25) is 0 Å². The molecule has 0 saturated heterocycles. The number of nitrogens with one attached hydrogen (secondary N) is 1. The standard InChI is InChI=1S/C21H19Cl2N3O2/c1-12(15-9-10-17(22)18(23)11-15)24-21(28)20(27)19-13(2)25-26(14(19)3)16-7-5-4-6-8-16/h4-12H,1-3H3,(H,24,28)/t12-/m0/s1. The van der Waals surface area contributed by atoms with Gasteiger partial charge in [-0.3, -0.25) is 9.59 Å². The van der Waals surface area contributed by atoms with Gasteiger partial charge in [0.25, 0.3) is 11.7 Å². The summed E-state index contributed by atoms with van der Waals surface area (Å²) in [4.78, 5) is 25.4. The van der Waals surface area contributed by atoms with Crippen LogP contribution in [0.5, 0.6) is 0 Å². The summed E-state index contributed by atoms with van der Waals surface area (Å²) in [5.41, 5.74) is 3.01. The molecule has 28 heavy (non-hydrogen) atoms. The Kier molecular flexibility index (Phi) is 5.87. The number of Topliss-reactive ketones (excluding diaryl/α,β-unsaturated/α-hetero) is 1. The fourth-order valence-electron chi connectivity index (χ4n) is 3.03. The zero-order valence-corrected chi connectivity index (χ0v) is 17.2. The van der Waals surface area contributed by atoms with Gasteiger partial charge in [0.15, 0.2) is 0 Å². The number of carbonyl (C=O) groups is 2. The normalized spacial score (nSPS) is 11.9. The number of hydrogen-bond donors (Lipinski definition) is 1. The maximum atomic E-state index is 12.8. The third-order valence-electron chi connectivity index (χ3n) is 4.52. The average molecular weight is 416 g/mol. The van der Waals surface area contributed by atoms with Gasteiger partial charge >= 0.3 is 0 Å². The molecule has 0 bridgehead atoms. The summed E-state index contributed by atoms with van der Waals surface area (Å²) in [6.45, 7) is 5.27. The molecule has 5 nitrogen and oxygen atoms in total. The first-order valence-corrected chi connectivity index (χ1v) is 9.47. The Labute approximate surface area is 173 Å². The van der Waals surface area contributed by atoms with Gasteiger partial charge in [0.1, 0.15) is 0 Å². The Morgan fingerprint density at radius 2 is 1.71 bits per heavy atom. The van der Waals surface area contributed by atoms with Gasteiger partial charge in [0.05, 0.1) is 38.7 Å². The van der Waals surface area contributed by atoms with Crippen molar-refractivity contribution in [3.63, 3.8) is 0 Å². The van der Waals surface area contributed by atoms with E-state index < -0.39 is 17.7 Å². The SMILES string of the molecule is Cc1nn(-c2ccccc2)c(C)c1C(=O)C(=O)N[C@@H](C)c1ccc(Cl)c(Cl)c1. The van der Waals surface area contributed by atoms with Crippen LogP contribution in [0, 0.1) is 13.8 Å². The van der Waals surface area contributed by atoms with Gasteiger partial charge < -0.3 is 5.32 Å². The zero-order chi connectivity index (χ0) is 20.4. The van der Waals surface area contributed by atoms with Crippen LogP contribution < -0.4 is 5.32 Å². The van der Waals surface area contributed by atoms with Crippen molar-refractivity contribution < 1.29 is 9.59 Å². The zero-order valence-electron chi connectivity index (χ0n) is 15.7. The summed E-state index contributed by atoms with van der Waals surface area (Å²) in [6, 6.07) is 14.1. The average Bonchev–Trinajstić information content (AvgIpc) is 2.98. The molecule has 3 rings (SSSR count). The molecule has 7 heteroatoms. The molecule has 0 unspecified atom stereocenters. The maximum absolute atomic E-state index is 12.8. The van der Waals surface area contributed by atoms with E-state index in [2.05, 4.69) is 10.4 Å². The molecule has 3 aromatic rings. The van der Waals surface area contributed by atoms with Crippen molar-refractivity contribution in [2.75, 3.05) is 0 Å². The third-order valence-corrected chi connectivity index (χ3v) is 5.26. The largest absolute Gasteiger partial charge is 0.343 e. The highest BCUT2D eigenvalue weighted by Crippen LogP contribution is 2.26. The molecule has 1 atom stereocenters. The number of aromatic nitrogens is 2. The molecule has 1 aromatic heterocycles. The van der Waals surface area contributed by atoms with Crippen LogP contribution in [0.2, 0.25) is 10.0 Å². The lowest BCUT2D eigenvalue weighted by Gasteiger charge is -2.14. The molecular formula is C21H19Cl2N3O2. The monoisotopic (exact) mass is 415 g/mol. The highest BCUT2D eigenvalue weighted by molar-refractivity contribution is 6.43. The number of aryl methyl sites for hydroxylation is 1. The van der Waals surface area contributed by atoms with Gasteiger partial charge in [-0.2, -0.15) is 5.10 Å². The van der Waals surface area contributed by atoms with Crippen molar-refractivity contribution in [3.05, 3.63) is 81.1 Å². The summed E-state index contributed by atoms with van der Waals surface area (Å²) < 4.78 is 1.66. The fraction of sp³-hybridized carbons (Fsp3) is 0.190. The van der Waals surface area contributed by atoms with Crippen LogP contribution in [0.25, 0.3) is 5.69 Å². The summed E-state index contributed by atoms with van der Waals surface area (Å²) in [5, 5.41) is 7.96. The Hall–Kier alpha value is -2.63. The molecule has 1 N–H and O–H groups in total. The molecular weight excluding hydrogens is 397 g/mol. The number of nitrogens with zero attached hydrogens (tertiary/aromatic N) is 2. The first-order chi connectivity index (χ1) is 13.3. The van der Waals surface area contributed by atoms with Crippen molar-refractivity contribution in [1.29, 1.82) is 0 Å². The molecule has 144 valence electrons. The number of carbonyl (C=O) groups excluding carboxylic acids is 2. The lowest BCUT2D eigenvalue weighted by Crippen LogP contribution is -2.33. The van der Waals surface area contributed by atoms with Gasteiger partial charge in [-0.25, -0.2) is 4.68 Å². The molecule has 0 fully saturated rings. The lowest BCUT2D eigenvalue weighted by molar-refractivity contribution is -0.117. The van der Waals surface area contributed by atoms with Gasteiger partial charge in [-0.15, -0.1) is 0 Å². The van der Waals surface area contributed by atoms with E-state index in [0.717, 1.165) is 11.3 Å². The van der Waals surface area contributed by atoms with Crippen LogP contribution in [0.3, 0.4) is 0 Å². The summed E-state index contributed by atoms with van der Waals surface area (Å²) in [7, 11) is 0. The van der Waals surface area contributed by atoms with E-state index in [1.807, 2.05) is 30.3 Å². The maximum Gasteiger partial charge on any atom is 0.293 e. The Balaban J connectivity index is 1.83. The predicted molar refractivity (Wildman–Crippen MR) is 110 cm³/mol. The van der Waals surface area contributed by atoms with Crippen LogP contribution >= 0.6 is 23.2 Å². The molecule has 2 aromatic carbocycles. The Morgan fingerprint density at radius 1 is 1.04 bits per heavy atom. The van der Waals surface area contributed by atoms with Gasteiger partial charge in [-0.05, 0) is 50.6 Å². The highest BCUT2D eigenvalue weighted by atomic mass is 35.5. The van der Waals surface area contributed by atoms with Crippen molar-refractivity contribution in [2.45, 2.75) is 26.8 Å². The highest BCUT2D eigenvalue weighted by Gasteiger charge is 2.26. The van der Waals surface area contributed by atoms with E-state index >= 15 is 0 Å². The quantitative estimate of drug-likeness (QED) is 0.478. The van der Waals surface area contributed by atoms with Crippen molar-refractivity contribution in [3.8, 4) is 5.69 Å². The number of halogens is 2. The van der Waals surface area contributed by atoms with E-state index in [0.29, 0.717) is 27.0 Å². The van der Waals surface area contributed by atoms with Crippen molar-refractivity contribution in [2.24, 2.45) is 0 Å². The summed E-state index contributed by atoms with van der Waals surface area (Å²) in [6.07, 6.45) is 0. The lowest BCUT2D eigenvalue weighted by atomic mass is 10.1. The number of hydrogen-bond acceptors (Lipinski definition) is 3. The van der Waals surface area contributed by atoms with Crippen LogP contribution in [0.1, 0.15) is 40.3 Å². The van der Waals surface area contributed by atoms with E-state index in [9.17, 15) is 9.59 Å². The molecule has 0 spiro atoms. The minimum absolute atomic E-state index is 0.308. The summed E-state index contributed by atoms with van der Waals surface area (Å²) in [5.74, 6) is -1.32. The van der Waals surface area contributed by atoms with E-state index in [1.165, 1.54) is 0 Å². The molecule has 0 aliphatic heterocycles. The van der Waals surface area contributed by atoms with Crippen LogP contribution in [-0.4, -0.2) is 21.5 Å². The number of ketones is 1. The molecule has 0 aliphatic carbocycles. The molecule has 0 radical (unpaired) electrons. The fourth-order valence-corrected chi connectivity index (χ4v) is 3.34. The van der Waals surface area contributed by atoms with Crippen molar-refractivity contribution >= 4 is 34.9 Å². The van der Waals surface area contributed by atoms with E-state index in [1.54, 1.807) is 43.7 Å². The van der Waals surface area contributed by atoms with E-state index in [4.69, 9.17) is 23.2 Å². The second kappa shape index (κ2) is 8.17. The molecule has 0 aliphatic rings. The Bertz CT molecular complexity index is 1050. The number of benzene rings is 2. The number of amides is 1. The van der Waals surface area contributed by atoms with Gasteiger partial charge in [0, 0.05) is 0 Å². The second-order valence-electron chi connectivity index (χ2n) is 6.49. The second-order valence-corrected chi connectivity index (χ2v) is 7.31. The minimum Gasteiger partial charge on any atom is -0.343 e. The molecule has 0 saturated carbocycles. The van der Waals surface area contributed by atoms with Crippen LogP contribution in [0.15, 0.2) is 48.5 Å². The van der Waals surface area contributed by atoms with Crippen LogP contribution in [0.4, 0.5) is 0 Å². The topological polar surface area (TPSA) is 64.0 Å². The third kappa shape index (κ3) is 3.96. The van der Waals surface area contributed by atoms with E-state index in [-0.39, 0.29) is 0 Å². The molecule has 1 amide bonds. The van der Waals surface area contributed by atoms with Gasteiger partial charge in [-0.1, -0.05) is 47.5 Å². The molecule has 1 heterocycles. The van der Waals surface area contributed by atoms with Crippen molar-refractivity contribution in [1.82, 2.24) is 15.1 Å². The predicted octanol–water partition coefficient (Wildman–Crippen LogP) is 4.86. The number of rotatable bonds is 5. The van der Waals surface area contributed by atoms with Crippen LogP contribution in [-0.2, 0) is 4.79 Å². The Morgan fingerprint density at radius 3 is 2.36 bits per heavy atom.